The Morgan fingerprint density at radius 3 is 3.00 bits per heavy atom. The Morgan fingerprint density at radius 1 is 1.38 bits per heavy atom. The molecule has 0 aliphatic heterocycles. The maximum atomic E-state index is 5.75. The van der Waals surface area contributed by atoms with E-state index in [2.05, 4.69) is 20.9 Å². The van der Waals surface area contributed by atoms with Gasteiger partial charge in [-0.2, -0.15) is 0 Å². The molecule has 0 aliphatic carbocycles. The second kappa shape index (κ2) is 3.00. The Morgan fingerprint density at radius 2 is 2.23 bits per heavy atom. The third-order valence-electron chi connectivity index (χ3n) is 1.53. The molecule has 2 rings (SSSR count). The molecule has 0 aliphatic rings. The van der Waals surface area contributed by atoms with Crippen molar-refractivity contribution in [3.05, 3.63) is 29.2 Å². The Bertz CT molecular complexity index is 502. The summed E-state index contributed by atoms with van der Waals surface area (Å²) in [4.78, 5) is 12.1. The minimum Gasteiger partial charge on any atom is -0.235 e. The molecule has 3 nitrogen and oxygen atoms in total. The molecule has 0 spiro atoms. The molecule has 0 saturated carbocycles. The van der Waals surface area contributed by atoms with Crippen LogP contribution < -0.4 is 0 Å². The summed E-state index contributed by atoms with van der Waals surface area (Å²) in [6.45, 7) is 0. The summed E-state index contributed by atoms with van der Waals surface area (Å²) in [5, 5.41) is 0.216. The first-order valence-corrected chi connectivity index (χ1v) is 3.94. The van der Waals surface area contributed by atoms with Crippen molar-refractivity contribution in [3.8, 4) is 12.3 Å². The summed E-state index contributed by atoms with van der Waals surface area (Å²) < 4.78 is 0. The molecule has 2 aromatic heterocycles. The van der Waals surface area contributed by atoms with E-state index < -0.39 is 0 Å². The van der Waals surface area contributed by atoms with Crippen molar-refractivity contribution in [3.63, 3.8) is 0 Å². The predicted octanol–water partition coefficient (Wildman–Crippen LogP) is 1.66. The summed E-state index contributed by atoms with van der Waals surface area (Å²) >= 11 is 5.75. The molecule has 4 heteroatoms. The fourth-order valence-corrected chi connectivity index (χ4v) is 1.14. The molecule has 13 heavy (non-hydrogen) atoms. The van der Waals surface area contributed by atoms with E-state index in [-0.39, 0.29) is 5.15 Å². The van der Waals surface area contributed by atoms with Gasteiger partial charge in [-0.25, -0.2) is 15.0 Å². The van der Waals surface area contributed by atoms with E-state index in [9.17, 15) is 0 Å². The zero-order valence-electron chi connectivity index (χ0n) is 6.53. The van der Waals surface area contributed by atoms with E-state index in [1.54, 1.807) is 18.3 Å². The van der Waals surface area contributed by atoms with Gasteiger partial charge in [-0.05, 0) is 18.1 Å². The maximum Gasteiger partial charge on any atom is 0.179 e. The van der Waals surface area contributed by atoms with Gasteiger partial charge in [-0.15, -0.1) is 6.42 Å². The molecule has 62 valence electrons. The summed E-state index contributed by atoms with van der Waals surface area (Å²) in [5.74, 6) is 2.35. The summed E-state index contributed by atoms with van der Waals surface area (Å²) in [5.41, 5.74) is 1.51. The van der Waals surface area contributed by atoms with Crippen LogP contribution in [0.15, 0.2) is 18.3 Å². The largest absolute Gasteiger partial charge is 0.235 e. The lowest BCUT2D eigenvalue weighted by molar-refractivity contribution is 1.20. The number of hydrogen-bond donors (Lipinski definition) is 0. The lowest BCUT2D eigenvalue weighted by Crippen LogP contribution is -1.92. The number of nitrogens with zero attached hydrogens (tertiary/aromatic N) is 3. The van der Waals surface area contributed by atoms with Crippen LogP contribution in [0.4, 0.5) is 0 Å². The van der Waals surface area contributed by atoms with Gasteiger partial charge >= 0.3 is 0 Å². The first kappa shape index (κ1) is 7.96. The van der Waals surface area contributed by atoms with Crippen LogP contribution in [0.2, 0.25) is 5.15 Å². The highest BCUT2D eigenvalue weighted by Crippen LogP contribution is 2.13. The van der Waals surface area contributed by atoms with Crippen molar-refractivity contribution < 1.29 is 0 Å². The number of fused-ring (bicyclic) bond motifs is 1. The fraction of sp³-hybridized carbons (Fsp3) is 0. The average molecular weight is 190 g/mol. The molecule has 0 unspecified atom stereocenters. The van der Waals surface area contributed by atoms with Gasteiger partial charge < -0.3 is 0 Å². The Hall–Kier alpha value is -1.66. The SMILES string of the molecule is C#Cc1nc2cccnc2nc1Cl. The molecular formula is C9H4ClN3. The highest BCUT2D eigenvalue weighted by molar-refractivity contribution is 6.30. The zero-order chi connectivity index (χ0) is 9.26. The van der Waals surface area contributed by atoms with Gasteiger partial charge in [0.05, 0.1) is 0 Å². The van der Waals surface area contributed by atoms with Gasteiger partial charge in [0.1, 0.15) is 5.52 Å². The van der Waals surface area contributed by atoms with E-state index in [0.717, 1.165) is 0 Å². The average Bonchev–Trinajstić information content (AvgIpc) is 2.17. The van der Waals surface area contributed by atoms with Gasteiger partial charge in [0, 0.05) is 6.20 Å². The van der Waals surface area contributed by atoms with Crippen LogP contribution in [0.1, 0.15) is 5.69 Å². The van der Waals surface area contributed by atoms with Crippen molar-refractivity contribution in [2.45, 2.75) is 0 Å². The molecule has 0 atom stereocenters. The van der Waals surface area contributed by atoms with Crippen LogP contribution in [-0.2, 0) is 0 Å². The number of pyridine rings is 1. The Labute approximate surface area is 79.8 Å². The first-order chi connectivity index (χ1) is 6.31. The van der Waals surface area contributed by atoms with E-state index in [0.29, 0.717) is 16.9 Å². The monoisotopic (exact) mass is 189 g/mol. The topological polar surface area (TPSA) is 38.7 Å². The van der Waals surface area contributed by atoms with Gasteiger partial charge in [-0.3, -0.25) is 0 Å². The minimum atomic E-state index is 0.216. The fourth-order valence-electron chi connectivity index (χ4n) is 0.966. The lowest BCUT2D eigenvalue weighted by atomic mass is 10.4. The van der Waals surface area contributed by atoms with Crippen molar-refractivity contribution in [1.29, 1.82) is 0 Å². The van der Waals surface area contributed by atoms with Crippen LogP contribution in [-0.4, -0.2) is 15.0 Å². The number of halogens is 1. The quantitative estimate of drug-likeness (QED) is 0.592. The van der Waals surface area contributed by atoms with Crippen LogP contribution in [0.3, 0.4) is 0 Å². The van der Waals surface area contributed by atoms with Gasteiger partial charge in [0.15, 0.2) is 16.5 Å². The van der Waals surface area contributed by atoms with Gasteiger partial charge in [0.2, 0.25) is 0 Å². The molecule has 0 amide bonds. The molecule has 2 heterocycles. The lowest BCUT2D eigenvalue weighted by Gasteiger charge is -1.97. The normalized spacial score (nSPS) is 9.85. The second-order valence-electron chi connectivity index (χ2n) is 2.35. The highest BCUT2D eigenvalue weighted by Gasteiger charge is 2.03. The Kier molecular flexibility index (Phi) is 1.84. The van der Waals surface area contributed by atoms with Crippen LogP contribution in [0, 0.1) is 12.3 Å². The molecule has 0 N–H and O–H groups in total. The number of hydrogen-bond acceptors (Lipinski definition) is 3. The molecule has 0 radical (unpaired) electrons. The number of aromatic nitrogens is 3. The van der Waals surface area contributed by atoms with Crippen molar-refractivity contribution >= 4 is 22.8 Å². The maximum absolute atomic E-state index is 5.75. The first-order valence-electron chi connectivity index (χ1n) is 3.56. The number of rotatable bonds is 0. The zero-order valence-corrected chi connectivity index (χ0v) is 7.28. The predicted molar refractivity (Wildman–Crippen MR) is 50.3 cm³/mol. The van der Waals surface area contributed by atoms with Gasteiger partial charge in [-0.1, -0.05) is 11.6 Å². The van der Waals surface area contributed by atoms with E-state index in [1.165, 1.54) is 0 Å². The van der Waals surface area contributed by atoms with Crippen molar-refractivity contribution in [2.75, 3.05) is 0 Å². The van der Waals surface area contributed by atoms with E-state index in [1.807, 2.05) is 0 Å². The molecule has 0 fully saturated rings. The van der Waals surface area contributed by atoms with E-state index in [4.69, 9.17) is 18.0 Å². The van der Waals surface area contributed by atoms with Gasteiger partial charge in [0.25, 0.3) is 0 Å². The summed E-state index contributed by atoms with van der Waals surface area (Å²) in [6.07, 6.45) is 6.81. The molecule has 0 aromatic carbocycles. The number of terminal acetylenes is 1. The third kappa shape index (κ3) is 1.32. The Balaban J connectivity index is 2.83. The van der Waals surface area contributed by atoms with Crippen molar-refractivity contribution in [2.24, 2.45) is 0 Å². The second-order valence-corrected chi connectivity index (χ2v) is 2.71. The molecule has 0 bridgehead atoms. The van der Waals surface area contributed by atoms with E-state index >= 15 is 0 Å². The van der Waals surface area contributed by atoms with Crippen LogP contribution >= 0.6 is 11.6 Å². The molecule has 0 saturated heterocycles. The van der Waals surface area contributed by atoms with Crippen LogP contribution in [0.25, 0.3) is 11.2 Å². The smallest absolute Gasteiger partial charge is 0.179 e. The minimum absolute atomic E-state index is 0.216. The van der Waals surface area contributed by atoms with Crippen LogP contribution in [0.5, 0.6) is 0 Å². The molecular weight excluding hydrogens is 186 g/mol. The van der Waals surface area contributed by atoms with Crippen molar-refractivity contribution in [1.82, 2.24) is 15.0 Å². The molecule has 2 aromatic rings. The standard InChI is InChI=1S/C9H4ClN3/c1-2-6-8(10)13-9-7(12-6)4-3-5-11-9/h1,3-5H. The third-order valence-corrected chi connectivity index (χ3v) is 1.80. The highest BCUT2D eigenvalue weighted by atomic mass is 35.5. The summed E-state index contributed by atoms with van der Waals surface area (Å²) in [6, 6.07) is 3.55. The summed E-state index contributed by atoms with van der Waals surface area (Å²) in [7, 11) is 0.